The zero-order valence-electron chi connectivity index (χ0n) is 8.67. The molecule has 1 aromatic heterocycles. The van der Waals surface area contributed by atoms with Crippen LogP contribution in [0.15, 0.2) is 16.7 Å². The lowest BCUT2D eigenvalue weighted by Gasteiger charge is -1.99. The van der Waals surface area contributed by atoms with Gasteiger partial charge in [-0.15, -0.1) is 0 Å². The maximum Gasteiger partial charge on any atom is 0.372 e. The number of sulfone groups is 1. The first-order valence-corrected chi connectivity index (χ1v) is 7.67. The Bertz CT molecular complexity index is 460. The van der Waals surface area contributed by atoms with Gasteiger partial charge in [-0.05, 0) is 6.07 Å². The van der Waals surface area contributed by atoms with E-state index in [1.807, 2.05) is 0 Å². The summed E-state index contributed by atoms with van der Waals surface area (Å²) in [5, 5.41) is 8.74. The van der Waals surface area contributed by atoms with Crippen molar-refractivity contribution in [3.05, 3.63) is 23.7 Å². The van der Waals surface area contributed by atoms with E-state index in [0.717, 1.165) is 0 Å². The number of hydrogen-bond donors (Lipinski definition) is 1. The molecule has 1 rings (SSSR count). The van der Waals surface area contributed by atoms with Gasteiger partial charge < -0.3 is 9.52 Å². The Kier molecular flexibility index (Phi) is 4.43. The van der Waals surface area contributed by atoms with Crippen molar-refractivity contribution >= 4 is 27.6 Å². The van der Waals surface area contributed by atoms with Crippen molar-refractivity contribution in [2.24, 2.45) is 0 Å². The number of carbonyl (C=O) groups is 1. The molecule has 0 aliphatic rings. The molecule has 1 heterocycles. The molecule has 7 heteroatoms. The minimum absolute atomic E-state index is 0.0770. The average molecular weight is 264 g/mol. The van der Waals surface area contributed by atoms with Gasteiger partial charge in [-0.2, -0.15) is 11.8 Å². The third-order valence-electron chi connectivity index (χ3n) is 1.80. The molecule has 0 aliphatic carbocycles. The van der Waals surface area contributed by atoms with Gasteiger partial charge in [0.15, 0.2) is 0 Å². The molecule has 1 N–H and O–H groups in total. The lowest BCUT2D eigenvalue weighted by molar-refractivity contribution is 0.0661. The summed E-state index contributed by atoms with van der Waals surface area (Å²) in [7, 11) is -2.95. The number of aromatic carboxylic acids is 1. The second-order valence-corrected chi connectivity index (χ2v) is 6.63. The van der Waals surface area contributed by atoms with Gasteiger partial charge in [-0.25, -0.2) is 13.2 Å². The summed E-state index contributed by atoms with van der Waals surface area (Å²) in [5.74, 6) is -0.204. The number of thioether (sulfide) groups is 1. The Labute approximate surface area is 97.8 Å². The lowest BCUT2D eigenvalue weighted by Crippen LogP contribution is -2.05. The largest absolute Gasteiger partial charge is 0.475 e. The number of hydrogen-bond acceptors (Lipinski definition) is 5. The van der Waals surface area contributed by atoms with Crippen molar-refractivity contribution in [3.8, 4) is 0 Å². The van der Waals surface area contributed by atoms with Gasteiger partial charge in [0, 0.05) is 23.3 Å². The minimum atomic E-state index is -2.95. The Balaban J connectivity index is 2.43. The lowest BCUT2D eigenvalue weighted by atomic mass is 10.3. The van der Waals surface area contributed by atoms with E-state index < -0.39 is 15.8 Å². The van der Waals surface area contributed by atoms with Crippen LogP contribution in [0, 0.1) is 0 Å². The molecule has 0 atom stereocenters. The molecule has 0 aliphatic heterocycles. The van der Waals surface area contributed by atoms with E-state index in [4.69, 9.17) is 9.52 Å². The molecule has 0 saturated carbocycles. The van der Waals surface area contributed by atoms with E-state index in [-0.39, 0.29) is 11.5 Å². The highest BCUT2D eigenvalue weighted by atomic mass is 32.2. The van der Waals surface area contributed by atoms with Crippen LogP contribution in [-0.4, -0.2) is 37.3 Å². The van der Waals surface area contributed by atoms with Crippen LogP contribution in [0.2, 0.25) is 0 Å². The summed E-state index contributed by atoms with van der Waals surface area (Å²) in [4.78, 5) is 10.7. The van der Waals surface area contributed by atoms with Crippen molar-refractivity contribution in [1.29, 1.82) is 0 Å². The van der Waals surface area contributed by atoms with Crippen LogP contribution in [0.4, 0.5) is 0 Å². The predicted molar refractivity (Wildman–Crippen MR) is 61.5 cm³/mol. The molecule has 0 saturated heterocycles. The number of rotatable bonds is 6. The minimum Gasteiger partial charge on any atom is -0.475 e. The monoisotopic (exact) mass is 264 g/mol. The summed E-state index contributed by atoms with van der Waals surface area (Å²) in [6.07, 6.45) is 2.49. The fourth-order valence-electron chi connectivity index (χ4n) is 1.03. The molecule has 0 unspecified atom stereocenters. The Morgan fingerprint density at radius 2 is 2.25 bits per heavy atom. The predicted octanol–water partition coefficient (Wildman–Crippen LogP) is 1.26. The van der Waals surface area contributed by atoms with Gasteiger partial charge in [0.2, 0.25) is 5.76 Å². The van der Waals surface area contributed by atoms with E-state index in [0.29, 0.717) is 17.1 Å². The molecule has 0 fully saturated rings. The maximum absolute atomic E-state index is 10.8. The topological polar surface area (TPSA) is 84.6 Å². The quantitative estimate of drug-likeness (QED) is 0.778. The highest BCUT2D eigenvalue weighted by Gasteiger charge is 2.13. The van der Waals surface area contributed by atoms with Crippen molar-refractivity contribution in [3.63, 3.8) is 0 Å². The van der Waals surface area contributed by atoms with Crippen LogP contribution in [-0.2, 0) is 15.6 Å². The summed E-state index contributed by atoms with van der Waals surface area (Å²) in [6.45, 7) is 0. The van der Waals surface area contributed by atoms with Crippen LogP contribution in [0.3, 0.4) is 0 Å². The molecule has 5 nitrogen and oxygen atoms in total. The van der Waals surface area contributed by atoms with Crippen LogP contribution in [0.5, 0.6) is 0 Å². The second kappa shape index (κ2) is 5.40. The first-order valence-electron chi connectivity index (χ1n) is 4.45. The van der Waals surface area contributed by atoms with Crippen LogP contribution in [0.1, 0.15) is 16.1 Å². The van der Waals surface area contributed by atoms with Crippen molar-refractivity contribution in [2.45, 2.75) is 5.75 Å². The highest BCUT2D eigenvalue weighted by molar-refractivity contribution is 7.99. The van der Waals surface area contributed by atoms with Crippen molar-refractivity contribution in [1.82, 2.24) is 0 Å². The Morgan fingerprint density at radius 1 is 1.56 bits per heavy atom. The van der Waals surface area contributed by atoms with E-state index >= 15 is 0 Å². The third-order valence-corrected chi connectivity index (χ3v) is 4.01. The molecule has 0 radical (unpaired) electrons. The molecule has 0 spiro atoms. The number of carboxylic acid groups (broad SMARTS) is 1. The van der Waals surface area contributed by atoms with Crippen LogP contribution >= 0.6 is 11.8 Å². The van der Waals surface area contributed by atoms with Gasteiger partial charge in [0.25, 0.3) is 0 Å². The van der Waals surface area contributed by atoms with Gasteiger partial charge in [-0.1, -0.05) is 0 Å². The third kappa shape index (κ3) is 4.28. The summed E-state index contributed by atoms with van der Waals surface area (Å²) >= 11 is 1.37. The summed E-state index contributed by atoms with van der Waals surface area (Å²) in [6, 6.07) is 1.58. The number of carboxylic acids is 1. The van der Waals surface area contributed by atoms with Gasteiger partial charge in [0.1, 0.15) is 9.84 Å². The van der Waals surface area contributed by atoms with E-state index in [1.165, 1.54) is 24.3 Å². The maximum atomic E-state index is 10.8. The fourth-order valence-corrected chi connectivity index (χ4v) is 3.30. The zero-order chi connectivity index (χ0) is 12.2. The molecule has 16 heavy (non-hydrogen) atoms. The fraction of sp³-hybridized carbons (Fsp3) is 0.444. The van der Waals surface area contributed by atoms with Crippen LogP contribution in [0.25, 0.3) is 0 Å². The molecule has 90 valence electrons. The normalized spacial score (nSPS) is 11.6. The van der Waals surface area contributed by atoms with Crippen molar-refractivity contribution < 1.29 is 22.7 Å². The zero-order valence-corrected chi connectivity index (χ0v) is 10.3. The summed E-state index contributed by atoms with van der Waals surface area (Å²) in [5.41, 5.74) is 0.575. The van der Waals surface area contributed by atoms with E-state index in [1.54, 1.807) is 6.07 Å². The molecular weight excluding hydrogens is 252 g/mol. The molecular formula is C9H12O5S2. The Morgan fingerprint density at radius 3 is 2.81 bits per heavy atom. The first kappa shape index (κ1) is 13.1. The standard InChI is InChI=1S/C9H12O5S2/c1-16(12,13)5-4-15-6-7-2-3-14-8(7)9(10)11/h2-3H,4-6H2,1H3,(H,10,11). The first-order chi connectivity index (χ1) is 7.40. The van der Waals surface area contributed by atoms with Crippen molar-refractivity contribution in [2.75, 3.05) is 17.8 Å². The van der Waals surface area contributed by atoms with E-state index in [9.17, 15) is 13.2 Å². The highest BCUT2D eigenvalue weighted by Crippen LogP contribution is 2.18. The SMILES string of the molecule is CS(=O)(=O)CCSCc1ccoc1C(=O)O. The smallest absolute Gasteiger partial charge is 0.372 e. The second-order valence-electron chi connectivity index (χ2n) is 3.26. The van der Waals surface area contributed by atoms with Gasteiger partial charge in [0.05, 0.1) is 12.0 Å². The Hall–Kier alpha value is -0.950. The van der Waals surface area contributed by atoms with Gasteiger partial charge in [-0.3, -0.25) is 0 Å². The van der Waals surface area contributed by atoms with Gasteiger partial charge >= 0.3 is 5.97 Å². The number of furan rings is 1. The average Bonchev–Trinajstić information content (AvgIpc) is 2.58. The molecule has 0 bridgehead atoms. The molecule has 0 amide bonds. The molecule has 1 aromatic rings. The molecule has 0 aromatic carbocycles. The summed E-state index contributed by atoms with van der Waals surface area (Å²) < 4.78 is 26.5. The van der Waals surface area contributed by atoms with E-state index in [2.05, 4.69) is 0 Å². The van der Waals surface area contributed by atoms with Crippen LogP contribution < -0.4 is 0 Å².